The van der Waals surface area contributed by atoms with E-state index in [-0.39, 0.29) is 35.9 Å². The lowest BCUT2D eigenvalue weighted by atomic mass is 9.86. The van der Waals surface area contributed by atoms with Gasteiger partial charge in [-0.15, -0.1) is 5.10 Å². The van der Waals surface area contributed by atoms with E-state index < -0.39 is 0 Å². The molecule has 1 aliphatic rings. The fourth-order valence-corrected chi connectivity index (χ4v) is 4.31. The van der Waals surface area contributed by atoms with Crippen molar-refractivity contribution in [3.05, 3.63) is 58.9 Å². The van der Waals surface area contributed by atoms with Gasteiger partial charge in [-0.05, 0) is 68.4 Å². The highest BCUT2D eigenvalue weighted by molar-refractivity contribution is 6.00. The van der Waals surface area contributed by atoms with Crippen LogP contribution in [0.1, 0.15) is 53.0 Å². The molecule has 1 aromatic heterocycles. The zero-order valence-electron chi connectivity index (χ0n) is 21.4. The molecule has 0 saturated heterocycles. The first kappa shape index (κ1) is 27.6. The van der Waals surface area contributed by atoms with Crippen molar-refractivity contribution in [1.29, 1.82) is 0 Å². The lowest BCUT2D eigenvalue weighted by molar-refractivity contribution is -0.120. The number of carbonyl (C=O) groups is 2. The van der Waals surface area contributed by atoms with Crippen LogP contribution in [0.4, 0.5) is 0 Å². The molecule has 2 amide bonds. The van der Waals surface area contributed by atoms with Crippen molar-refractivity contribution in [2.24, 2.45) is 27.6 Å². The monoisotopic (exact) mass is 508 g/mol. The Morgan fingerprint density at radius 2 is 1.97 bits per heavy atom. The Hall–Kier alpha value is -3.99. The molecule has 198 valence electrons. The lowest BCUT2D eigenvalue weighted by Gasteiger charge is -2.30. The number of amidine groups is 1. The van der Waals surface area contributed by atoms with Crippen LogP contribution in [-0.4, -0.2) is 60.7 Å². The Balaban J connectivity index is 1.61. The summed E-state index contributed by atoms with van der Waals surface area (Å²) in [7, 11) is 1.60. The Morgan fingerprint density at radius 1 is 1.22 bits per heavy atom. The van der Waals surface area contributed by atoms with Crippen LogP contribution in [0.5, 0.6) is 5.75 Å². The molecule has 2 aromatic rings. The smallest absolute Gasteiger partial charge is 0.270 e. The molecule has 0 aliphatic heterocycles. The number of carbonyl (C=O) groups excluding carboxylic acids is 2. The number of hydrazone groups is 2. The number of methoxy groups -OCH3 is 1. The summed E-state index contributed by atoms with van der Waals surface area (Å²) in [4.78, 5) is 28.7. The molecule has 11 nitrogen and oxygen atoms in total. The Morgan fingerprint density at radius 3 is 2.65 bits per heavy atom. The number of aromatic nitrogens is 1. The van der Waals surface area contributed by atoms with E-state index in [1.807, 2.05) is 24.3 Å². The zero-order chi connectivity index (χ0) is 26.8. The maximum atomic E-state index is 12.8. The van der Waals surface area contributed by atoms with Crippen LogP contribution in [0, 0.1) is 12.8 Å². The van der Waals surface area contributed by atoms with E-state index >= 15 is 0 Å². The third-order valence-electron chi connectivity index (χ3n) is 6.27. The Bertz CT molecular complexity index is 1130. The second-order valence-electron chi connectivity index (χ2n) is 9.09. The number of nitrogens with zero attached hydrogens (tertiary/aromatic N) is 4. The van der Waals surface area contributed by atoms with Gasteiger partial charge in [-0.3, -0.25) is 9.59 Å². The third kappa shape index (κ3) is 8.28. The van der Waals surface area contributed by atoms with Gasteiger partial charge in [-0.25, -0.2) is 4.98 Å². The van der Waals surface area contributed by atoms with Crippen LogP contribution in [0.25, 0.3) is 0 Å². The number of hydrogen-bond acceptors (Lipinski definition) is 8. The van der Waals surface area contributed by atoms with Crippen LogP contribution in [-0.2, 0) is 11.3 Å². The average Bonchev–Trinajstić information content (AvgIpc) is 2.91. The van der Waals surface area contributed by atoms with Crippen molar-refractivity contribution in [3.63, 3.8) is 0 Å². The van der Waals surface area contributed by atoms with Crippen LogP contribution < -0.4 is 26.8 Å². The van der Waals surface area contributed by atoms with E-state index in [2.05, 4.69) is 32.5 Å². The van der Waals surface area contributed by atoms with Gasteiger partial charge in [0.25, 0.3) is 5.91 Å². The lowest BCUT2D eigenvalue weighted by Crippen LogP contribution is -2.41. The molecule has 6 N–H and O–H groups in total. The standard InChI is InChI=1S/C26H36N8O3/c1-17-11-20(13-23(31-17)26(36)30-15-19-5-4-6-22(12-19)37-3)25(28)33-34(29-2)16-18-7-9-21(10-8-18)32-24(35)14-27/h4-6,11-13,18,21H,2,7-10,14-16,27H2,1,3H3,(H2,28,33)(H,30,36)(H,32,35). The van der Waals surface area contributed by atoms with Gasteiger partial charge in [0.05, 0.1) is 20.2 Å². The van der Waals surface area contributed by atoms with Gasteiger partial charge in [-0.2, -0.15) is 10.2 Å². The summed E-state index contributed by atoms with van der Waals surface area (Å²) in [5.74, 6) is 0.821. The summed E-state index contributed by atoms with van der Waals surface area (Å²) in [6.45, 7) is 6.30. The van der Waals surface area contributed by atoms with Gasteiger partial charge in [0.1, 0.15) is 11.4 Å². The first-order chi connectivity index (χ1) is 17.8. The zero-order valence-corrected chi connectivity index (χ0v) is 21.4. The summed E-state index contributed by atoms with van der Waals surface area (Å²) in [5, 5.41) is 15.7. The number of hydrogen-bond donors (Lipinski definition) is 4. The summed E-state index contributed by atoms with van der Waals surface area (Å²) >= 11 is 0. The molecular formula is C26H36N8O3. The van der Waals surface area contributed by atoms with Gasteiger partial charge >= 0.3 is 0 Å². The molecule has 0 bridgehead atoms. The van der Waals surface area contributed by atoms with Crippen molar-refractivity contribution in [3.8, 4) is 5.75 Å². The number of amides is 2. The molecular weight excluding hydrogens is 472 g/mol. The fourth-order valence-electron chi connectivity index (χ4n) is 4.31. The second-order valence-corrected chi connectivity index (χ2v) is 9.09. The van der Waals surface area contributed by atoms with Crippen molar-refractivity contribution in [2.45, 2.75) is 45.2 Å². The molecule has 3 rings (SSSR count). The number of benzene rings is 1. The van der Waals surface area contributed by atoms with Crippen molar-refractivity contribution in [2.75, 3.05) is 20.2 Å². The van der Waals surface area contributed by atoms with Gasteiger partial charge in [0.15, 0.2) is 5.84 Å². The number of rotatable bonds is 11. The normalized spacial score (nSPS) is 17.5. The highest BCUT2D eigenvalue weighted by Crippen LogP contribution is 2.25. The SMILES string of the molecule is C=NN(CC1CCC(NC(=O)CN)CC1)/N=C(\N)c1cc(C)nc(C(=O)NCc2cccc(OC)c2)c1. The molecule has 0 spiro atoms. The summed E-state index contributed by atoms with van der Waals surface area (Å²) in [6.07, 6.45) is 3.59. The van der Waals surface area contributed by atoms with Gasteiger partial charge in [-0.1, -0.05) is 12.1 Å². The van der Waals surface area contributed by atoms with Crippen LogP contribution in [0.15, 0.2) is 46.6 Å². The summed E-state index contributed by atoms with van der Waals surface area (Å²) < 4.78 is 5.23. The molecule has 0 radical (unpaired) electrons. The minimum Gasteiger partial charge on any atom is -0.497 e. The molecule has 1 fully saturated rings. The molecule has 1 heterocycles. The summed E-state index contributed by atoms with van der Waals surface area (Å²) in [5.41, 5.74) is 14.0. The number of ether oxygens (including phenoxy) is 1. The van der Waals surface area contributed by atoms with Gasteiger partial charge in [0.2, 0.25) is 5.91 Å². The van der Waals surface area contributed by atoms with Crippen LogP contribution in [0.2, 0.25) is 0 Å². The van der Waals surface area contributed by atoms with Gasteiger partial charge < -0.3 is 26.8 Å². The fraction of sp³-hybridized carbons (Fsp3) is 0.423. The first-order valence-electron chi connectivity index (χ1n) is 12.3. The Kier molecular flexibility index (Phi) is 9.96. The van der Waals surface area contributed by atoms with Crippen molar-refractivity contribution in [1.82, 2.24) is 20.7 Å². The quantitative estimate of drug-likeness (QED) is 0.203. The Labute approximate surface area is 217 Å². The van der Waals surface area contributed by atoms with Crippen LogP contribution in [0.3, 0.4) is 0 Å². The van der Waals surface area contributed by atoms with E-state index in [4.69, 9.17) is 16.2 Å². The summed E-state index contributed by atoms with van der Waals surface area (Å²) in [6, 6.07) is 11.0. The molecule has 0 atom stereocenters. The number of aryl methyl sites for hydroxylation is 1. The van der Waals surface area contributed by atoms with E-state index in [9.17, 15) is 9.59 Å². The number of nitrogens with one attached hydrogen (secondary N) is 2. The van der Waals surface area contributed by atoms with Crippen molar-refractivity contribution >= 4 is 24.4 Å². The van der Waals surface area contributed by atoms with E-state index in [1.165, 1.54) is 5.12 Å². The number of pyridine rings is 1. The second kappa shape index (κ2) is 13.4. The average molecular weight is 509 g/mol. The largest absolute Gasteiger partial charge is 0.497 e. The highest BCUT2D eigenvalue weighted by Gasteiger charge is 2.24. The topological polar surface area (TPSA) is 160 Å². The van der Waals surface area contributed by atoms with E-state index in [0.29, 0.717) is 30.3 Å². The molecule has 1 aliphatic carbocycles. The minimum absolute atomic E-state index is 0.00217. The maximum absolute atomic E-state index is 12.8. The van der Waals surface area contributed by atoms with E-state index in [1.54, 1.807) is 26.2 Å². The molecule has 1 aromatic carbocycles. The molecule has 37 heavy (non-hydrogen) atoms. The minimum atomic E-state index is -0.322. The van der Waals surface area contributed by atoms with Crippen LogP contribution >= 0.6 is 0 Å². The third-order valence-corrected chi connectivity index (χ3v) is 6.27. The van der Waals surface area contributed by atoms with Crippen molar-refractivity contribution < 1.29 is 14.3 Å². The molecule has 0 unspecified atom stereocenters. The predicted molar refractivity (Wildman–Crippen MR) is 143 cm³/mol. The maximum Gasteiger partial charge on any atom is 0.270 e. The first-order valence-corrected chi connectivity index (χ1v) is 12.3. The highest BCUT2D eigenvalue weighted by atomic mass is 16.5. The number of nitrogens with two attached hydrogens (primary N) is 2. The van der Waals surface area contributed by atoms with E-state index in [0.717, 1.165) is 37.0 Å². The molecule has 11 heteroatoms. The predicted octanol–water partition coefficient (Wildman–Crippen LogP) is 1.50. The van der Waals surface area contributed by atoms with Gasteiger partial charge in [0, 0.05) is 30.6 Å². The molecule has 1 saturated carbocycles.